The van der Waals surface area contributed by atoms with Gasteiger partial charge >= 0.3 is 12.3 Å². The van der Waals surface area contributed by atoms with Crippen molar-refractivity contribution in [3.05, 3.63) is 47.2 Å². The molecular formula is C20H20ClF3N2O4. The Kier molecular flexibility index (Phi) is 6.91. The molecule has 0 spiro atoms. The van der Waals surface area contributed by atoms with Crippen LogP contribution in [0.15, 0.2) is 40.8 Å². The fourth-order valence-corrected chi connectivity index (χ4v) is 3.25. The number of ether oxygens (including phenoxy) is 1. The van der Waals surface area contributed by atoms with Crippen LogP contribution < -0.4 is 5.32 Å². The zero-order valence-corrected chi connectivity index (χ0v) is 16.6. The molecule has 162 valence electrons. The van der Waals surface area contributed by atoms with Gasteiger partial charge < -0.3 is 19.4 Å². The first-order chi connectivity index (χ1) is 14.2. The lowest BCUT2D eigenvalue weighted by atomic mass is 9.96. The Morgan fingerprint density at radius 2 is 1.80 bits per heavy atom. The highest BCUT2D eigenvalue weighted by Crippen LogP contribution is 2.24. The standard InChI is InChI=1S/C20H20ClF3N2O4/c21-15-3-1-13(2-4-15)17-6-5-16(30-17)11-25-18(27)14-7-9-26(10-8-14)19(28)29-12-20(22,23)24/h1-6,14H,7-12H2,(H,25,27). The second-order valence-corrected chi connectivity index (χ2v) is 7.36. The molecule has 2 amide bonds. The van der Waals surface area contributed by atoms with Gasteiger partial charge in [-0.3, -0.25) is 4.79 Å². The van der Waals surface area contributed by atoms with E-state index < -0.39 is 18.9 Å². The molecule has 1 aliphatic heterocycles. The van der Waals surface area contributed by atoms with Crippen molar-refractivity contribution < 1.29 is 31.9 Å². The van der Waals surface area contributed by atoms with Crippen LogP contribution >= 0.6 is 11.6 Å². The van der Waals surface area contributed by atoms with E-state index in [4.69, 9.17) is 16.0 Å². The average Bonchev–Trinajstić information content (AvgIpc) is 3.19. The third-order valence-electron chi connectivity index (χ3n) is 4.71. The number of halogens is 4. The van der Waals surface area contributed by atoms with Crippen molar-refractivity contribution in [1.29, 1.82) is 0 Å². The molecule has 0 saturated carbocycles. The molecule has 1 fully saturated rings. The van der Waals surface area contributed by atoms with Crippen LogP contribution in [0.2, 0.25) is 5.02 Å². The summed E-state index contributed by atoms with van der Waals surface area (Å²) in [4.78, 5) is 25.2. The first-order valence-corrected chi connectivity index (χ1v) is 9.70. The van der Waals surface area contributed by atoms with Gasteiger partial charge in [0, 0.05) is 29.6 Å². The summed E-state index contributed by atoms with van der Waals surface area (Å²) in [6.07, 6.45) is -4.88. The number of piperidine rings is 1. The number of alkyl halides is 3. The van der Waals surface area contributed by atoms with Crippen molar-refractivity contribution in [2.24, 2.45) is 5.92 Å². The second-order valence-electron chi connectivity index (χ2n) is 6.92. The summed E-state index contributed by atoms with van der Waals surface area (Å²) in [6.45, 7) is -1.08. The van der Waals surface area contributed by atoms with Crippen molar-refractivity contribution in [1.82, 2.24) is 10.2 Å². The topological polar surface area (TPSA) is 71.8 Å². The highest BCUT2D eigenvalue weighted by molar-refractivity contribution is 6.30. The summed E-state index contributed by atoms with van der Waals surface area (Å²) in [5, 5.41) is 3.42. The molecule has 0 bridgehead atoms. The molecule has 1 aromatic carbocycles. The van der Waals surface area contributed by atoms with E-state index >= 15 is 0 Å². The molecule has 2 heterocycles. The Morgan fingerprint density at radius 3 is 2.43 bits per heavy atom. The minimum absolute atomic E-state index is 0.163. The third-order valence-corrected chi connectivity index (χ3v) is 4.96. The molecule has 2 aromatic rings. The number of hydrogen-bond acceptors (Lipinski definition) is 4. The Bertz CT molecular complexity index is 875. The number of furan rings is 1. The molecule has 10 heteroatoms. The van der Waals surface area contributed by atoms with Crippen LogP contribution in [0.1, 0.15) is 18.6 Å². The zero-order valence-electron chi connectivity index (χ0n) is 15.9. The van der Waals surface area contributed by atoms with E-state index in [0.29, 0.717) is 29.4 Å². The SMILES string of the molecule is O=C(NCc1ccc(-c2ccc(Cl)cc2)o1)C1CCN(C(=O)OCC(F)(F)F)CC1. The van der Waals surface area contributed by atoms with Crippen molar-refractivity contribution in [3.63, 3.8) is 0 Å². The number of benzene rings is 1. The van der Waals surface area contributed by atoms with E-state index in [-0.39, 0.29) is 31.5 Å². The summed E-state index contributed by atoms with van der Waals surface area (Å²) < 4.78 is 46.3. The third kappa shape index (κ3) is 6.16. The molecule has 0 aliphatic carbocycles. The first kappa shape index (κ1) is 22.0. The van der Waals surface area contributed by atoms with E-state index in [9.17, 15) is 22.8 Å². The second kappa shape index (κ2) is 9.42. The number of amides is 2. The molecule has 0 atom stereocenters. The molecule has 0 radical (unpaired) electrons. The first-order valence-electron chi connectivity index (χ1n) is 9.32. The Balaban J connectivity index is 1.43. The van der Waals surface area contributed by atoms with Crippen LogP contribution in [0.4, 0.5) is 18.0 Å². The monoisotopic (exact) mass is 444 g/mol. The van der Waals surface area contributed by atoms with Crippen LogP contribution in [0.5, 0.6) is 0 Å². The molecular weight excluding hydrogens is 425 g/mol. The zero-order chi connectivity index (χ0) is 21.7. The Hall–Kier alpha value is -2.68. The normalized spacial score (nSPS) is 15.1. The van der Waals surface area contributed by atoms with E-state index in [0.717, 1.165) is 5.56 Å². The minimum Gasteiger partial charge on any atom is -0.459 e. The summed E-state index contributed by atoms with van der Waals surface area (Å²) in [5.74, 6) is 0.716. The molecule has 0 unspecified atom stereocenters. The average molecular weight is 445 g/mol. The summed E-state index contributed by atoms with van der Waals surface area (Å²) in [7, 11) is 0. The van der Waals surface area contributed by atoms with Crippen LogP contribution in [-0.4, -0.2) is 42.8 Å². The van der Waals surface area contributed by atoms with E-state index in [1.807, 2.05) is 12.1 Å². The lowest BCUT2D eigenvalue weighted by Gasteiger charge is -2.30. The van der Waals surface area contributed by atoms with Crippen molar-refractivity contribution in [2.75, 3.05) is 19.7 Å². The molecule has 3 rings (SSSR count). The maximum absolute atomic E-state index is 12.4. The van der Waals surface area contributed by atoms with Crippen molar-refractivity contribution in [2.45, 2.75) is 25.6 Å². The summed E-state index contributed by atoms with van der Waals surface area (Å²) in [6, 6.07) is 10.7. The fraction of sp³-hybridized carbons (Fsp3) is 0.400. The van der Waals surface area contributed by atoms with Crippen molar-refractivity contribution >= 4 is 23.6 Å². The van der Waals surface area contributed by atoms with Gasteiger partial charge in [0.15, 0.2) is 6.61 Å². The van der Waals surface area contributed by atoms with Crippen LogP contribution in [0.3, 0.4) is 0 Å². The largest absolute Gasteiger partial charge is 0.459 e. The highest BCUT2D eigenvalue weighted by atomic mass is 35.5. The fourth-order valence-electron chi connectivity index (χ4n) is 3.12. The van der Waals surface area contributed by atoms with Crippen LogP contribution in [0, 0.1) is 5.92 Å². The summed E-state index contributed by atoms with van der Waals surface area (Å²) in [5.41, 5.74) is 0.863. The van der Waals surface area contributed by atoms with E-state index in [1.54, 1.807) is 24.3 Å². The number of carbonyl (C=O) groups is 2. The maximum Gasteiger partial charge on any atom is 0.422 e. The van der Waals surface area contributed by atoms with E-state index in [2.05, 4.69) is 10.1 Å². The van der Waals surface area contributed by atoms with Gasteiger partial charge in [-0.2, -0.15) is 13.2 Å². The van der Waals surface area contributed by atoms with Gasteiger partial charge in [-0.25, -0.2) is 4.79 Å². The molecule has 1 saturated heterocycles. The molecule has 6 nitrogen and oxygen atoms in total. The number of likely N-dealkylation sites (tertiary alicyclic amines) is 1. The maximum atomic E-state index is 12.4. The number of rotatable bonds is 5. The van der Waals surface area contributed by atoms with Gasteiger partial charge in [0.25, 0.3) is 0 Å². The van der Waals surface area contributed by atoms with Gasteiger partial charge in [0.1, 0.15) is 11.5 Å². The van der Waals surface area contributed by atoms with Gasteiger partial charge in [0.2, 0.25) is 5.91 Å². The van der Waals surface area contributed by atoms with Crippen LogP contribution in [0.25, 0.3) is 11.3 Å². The Morgan fingerprint density at radius 1 is 1.13 bits per heavy atom. The number of carbonyl (C=O) groups excluding carboxylic acids is 2. The lowest BCUT2D eigenvalue weighted by molar-refractivity contribution is -0.162. The number of nitrogens with zero attached hydrogens (tertiary/aromatic N) is 1. The lowest BCUT2D eigenvalue weighted by Crippen LogP contribution is -2.43. The predicted octanol–water partition coefficient (Wildman–Crippen LogP) is 4.63. The number of nitrogens with one attached hydrogen (secondary N) is 1. The quantitative estimate of drug-likeness (QED) is 0.730. The van der Waals surface area contributed by atoms with Gasteiger partial charge in [-0.15, -0.1) is 0 Å². The molecule has 1 aromatic heterocycles. The Labute approximate surface area is 175 Å². The van der Waals surface area contributed by atoms with Crippen LogP contribution in [-0.2, 0) is 16.1 Å². The van der Waals surface area contributed by atoms with Crippen molar-refractivity contribution in [3.8, 4) is 11.3 Å². The highest BCUT2D eigenvalue weighted by Gasteiger charge is 2.32. The number of hydrogen-bond donors (Lipinski definition) is 1. The van der Waals surface area contributed by atoms with Gasteiger partial charge in [-0.05, 0) is 49.2 Å². The summed E-state index contributed by atoms with van der Waals surface area (Å²) >= 11 is 5.87. The van der Waals surface area contributed by atoms with Gasteiger partial charge in [0.05, 0.1) is 6.54 Å². The van der Waals surface area contributed by atoms with E-state index in [1.165, 1.54) is 4.90 Å². The van der Waals surface area contributed by atoms with Gasteiger partial charge in [-0.1, -0.05) is 11.6 Å². The minimum atomic E-state index is -4.56. The smallest absolute Gasteiger partial charge is 0.422 e. The molecule has 1 N–H and O–H groups in total. The molecule has 1 aliphatic rings. The predicted molar refractivity (Wildman–Crippen MR) is 103 cm³/mol. The molecule has 30 heavy (non-hydrogen) atoms.